The minimum Gasteiger partial charge on any atom is -0.476 e. The maximum absolute atomic E-state index is 13.3. The number of carboxylic acid groups (broad SMARTS) is 1. The Kier molecular flexibility index (Phi) is 2.75. The lowest BCUT2D eigenvalue weighted by molar-refractivity contribution is 0.0693. The van der Waals surface area contributed by atoms with Gasteiger partial charge in [0.1, 0.15) is 11.6 Å². The van der Waals surface area contributed by atoms with Gasteiger partial charge in [-0.1, -0.05) is 12.1 Å². The van der Waals surface area contributed by atoms with Crippen LogP contribution in [0.1, 0.15) is 16.1 Å². The first kappa shape index (κ1) is 12.3. The Morgan fingerprint density at radius 1 is 1.30 bits per heavy atom. The third kappa shape index (κ3) is 1.93. The van der Waals surface area contributed by atoms with E-state index in [0.29, 0.717) is 16.9 Å². The minimum atomic E-state index is -1.10. The fourth-order valence-electron chi connectivity index (χ4n) is 2.18. The molecule has 5 heteroatoms. The Morgan fingerprint density at radius 2 is 2.10 bits per heavy atom. The first-order valence-corrected chi connectivity index (χ1v) is 6.04. The zero-order chi connectivity index (χ0) is 14.3. The van der Waals surface area contributed by atoms with Gasteiger partial charge in [0.05, 0.1) is 5.52 Å². The number of fused-ring (bicyclic) bond motifs is 1. The van der Waals surface area contributed by atoms with Crippen LogP contribution in [0, 0.1) is 12.7 Å². The molecule has 2 aromatic heterocycles. The van der Waals surface area contributed by atoms with E-state index in [1.165, 1.54) is 12.1 Å². The topological polar surface area (TPSA) is 54.6 Å². The second kappa shape index (κ2) is 4.45. The van der Waals surface area contributed by atoms with Gasteiger partial charge >= 0.3 is 5.97 Å². The van der Waals surface area contributed by atoms with Crippen molar-refractivity contribution < 1.29 is 14.3 Å². The molecule has 0 aliphatic rings. The molecule has 1 aromatic carbocycles. The van der Waals surface area contributed by atoms with Gasteiger partial charge in [-0.05, 0) is 36.8 Å². The number of imidazole rings is 1. The standard InChI is InChI=1S/C15H11FN2O2/c1-9-5-6-18-12(7-9)13(15(19)20)17-14(18)10-3-2-4-11(16)8-10/h2-8H,1H3,(H,19,20). The lowest BCUT2D eigenvalue weighted by atomic mass is 10.2. The minimum absolute atomic E-state index is 0.0343. The molecule has 0 amide bonds. The van der Waals surface area contributed by atoms with Crippen molar-refractivity contribution in [3.05, 3.63) is 59.7 Å². The van der Waals surface area contributed by atoms with E-state index >= 15 is 0 Å². The maximum Gasteiger partial charge on any atom is 0.356 e. The molecule has 0 spiro atoms. The van der Waals surface area contributed by atoms with Gasteiger partial charge in [-0.15, -0.1) is 0 Å². The Labute approximate surface area is 114 Å². The number of pyridine rings is 1. The molecule has 20 heavy (non-hydrogen) atoms. The number of benzene rings is 1. The monoisotopic (exact) mass is 270 g/mol. The number of carboxylic acids is 1. The highest BCUT2D eigenvalue weighted by Crippen LogP contribution is 2.24. The summed E-state index contributed by atoms with van der Waals surface area (Å²) in [5, 5.41) is 9.24. The van der Waals surface area contributed by atoms with E-state index in [2.05, 4.69) is 4.98 Å². The van der Waals surface area contributed by atoms with E-state index in [1.54, 1.807) is 28.8 Å². The van der Waals surface area contributed by atoms with Crippen molar-refractivity contribution in [2.45, 2.75) is 6.92 Å². The van der Waals surface area contributed by atoms with Crippen LogP contribution in [0.25, 0.3) is 16.9 Å². The smallest absolute Gasteiger partial charge is 0.356 e. The molecule has 0 saturated heterocycles. The summed E-state index contributed by atoms with van der Waals surface area (Å²) in [6.45, 7) is 1.88. The third-order valence-corrected chi connectivity index (χ3v) is 3.08. The van der Waals surface area contributed by atoms with Crippen LogP contribution in [-0.4, -0.2) is 20.5 Å². The van der Waals surface area contributed by atoms with Gasteiger partial charge < -0.3 is 5.11 Å². The number of aromatic carboxylic acids is 1. The zero-order valence-corrected chi connectivity index (χ0v) is 10.7. The van der Waals surface area contributed by atoms with Gasteiger partial charge in [-0.3, -0.25) is 4.40 Å². The van der Waals surface area contributed by atoms with Crippen molar-refractivity contribution in [3.8, 4) is 11.4 Å². The van der Waals surface area contributed by atoms with E-state index < -0.39 is 5.97 Å². The third-order valence-electron chi connectivity index (χ3n) is 3.08. The lowest BCUT2D eigenvalue weighted by Crippen LogP contribution is -1.97. The summed E-state index contributed by atoms with van der Waals surface area (Å²) in [5.41, 5.74) is 1.94. The number of carbonyl (C=O) groups is 1. The number of aromatic nitrogens is 2. The molecule has 0 fully saturated rings. The SMILES string of the molecule is Cc1ccn2c(-c3cccc(F)c3)nc(C(=O)O)c2c1. The van der Waals surface area contributed by atoms with Crippen molar-refractivity contribution in [1.29, 1.82) is 0 Å². The van der Waals surface area contributed by atoms with Crippen LogP contribution in [-0.2, 0) is 0 Å². The molecular weight excluding hydrogens is 259 g/mol. The highest BCUT2D eigenvalue weighted by atomic mass is 19.1. The van der Waals surface area contributed by atoms with Gasteiger partial charge in [0.2, 0.25) is 0 Å². The summed E-state index contributed by atoms with van der Waals surface area (Å²) < 4.78 is 15.0. The van der Waals surface area contributed by atoms with Gasteiger partial charge in [0.15, 0.2) is 5.69 Å². The molecule has 0 bridgehead atoms. The van der Waals surface area contributed by atoms with E-state index in [-0.39, 0.29) is 11.5 Å². The first-order valence-electron chi connectivity index (χ1n) is 6.04. The molecule has 0 unspecified atom stereocenters. The van der Waals surface area contributed by atoms with Crippen LogP contribution in [0.15, 0.2) is 42.6 Å². The van der Waals surface area contributed by atoms with Crippen molar-refractivity contribution >= 4 is 11.5 Å². The van der Waals surface area contributed by atoms with Crippen LogP contribution in [0.3, 0.4) is 0 Å². The van der Waals surface area contributed by atoms with E-state index in [9.17, 15) is 14.3 Å². The Hall–Kier alpha value is -2.69. The largest absolute Gasteiger partial charge is 0.476 e. The number of hydrogen-bond donors (Lipinski definition) is 1. The molecule has 0 radical (unpaired) electrons. The van der Waals surface area contributed by atoms with Gasteiger partial charge in [-0.2, -0.15) is 0 Å². The summed E-state index contributed by atoms with van der Waals surface area (Å²) in [7, 11) is 0. The number of hydrogen-bond acceptors (Lipinski definition) is 2. The van der Waals surface area contributed by atoms with Crippen LogP contribution in [0.4, 0.5) is 4.39 Å². The first-order chi connectivity index (χ1) is 9.56. The van der Waals surface area contributed by atoms with Crippen molar-refractivity contribution in [3.63, 3.8) is 0 Å². The Morgan fingerprint density at radius 3 is 2.80 bits per heavy atom. The summed E-state index contributed by atoms with van der Waals surface area (Å²) in [6, 6.07) is 9.54. The molecule has 100 valence electrons. The highest BCUT2D eigenvalue weighted by Gasteiger charge is 2.17. The van der Waals surface area contributed by atoms with Crippen LogP contribution < -0.4 is 0 Å². The number of halogens is 1. The molecule has 0 saturated carbocycles. The summed E-state index contributed by atoms with van der Waals surface area (Å²) in [6.07, 6.45) is 1.74. The predicted octanol–water partition coefficient (Wildman–Crippen LogP) is 3.15. The van der Waals surface area contributed by atoms with Crippen LogP contribution in [0.5, 0.6) is 0 Å². The number of rotatable bonds is 2. The highest BCUT2D eigenvalue weighted by molar-refractivity contribution is 5.95. The lowest BCUT2D eigenvalue weighted by Gasteiger charge is -2.02. The molecule has 3 rings (SSSR count). The molecule has 4 nitrogen and oxygen atoms in total. The Bertz CT molecular complexity index is 824. The summed E-state index contributed by atoms with van der Waals surface area (Å²) in [4.78, 5) is 15.4. The maximum atomic E-state index is 13.3. The van der Waals surface area contributed by atoms with Gasteiger partial charge in [0, 0.05) is 11.8 Å². The normalized spacial score (nSPS) is 10.9. The second-order valence-corrected chi connectivity index (χ2v) is 4.56. The van der Waals surface area contributed by atoms with E-state index in [1.807, 2.05) is 13.0 Å². The van der Waals surface area contributed by atoms with Crippen LogP contribution >= 0.6 is 0 Å². The Balaban J connectivity index is 2.34. The quantitative estimate of drug-likeness (QED) is 0.778. The predicted molar refractivity (Wildman–Crippen MR) is 72.3 cm³/mol. The average molecular weight is 270 g/mol. The summed E-state index contributed by atoms with van der Waals surface area (Å²) in [5.74, 6) is -1.07. The van der Waals surface area contributed by atoms with E-state index in [0.717, 1.165) is 5.56 Å². The van der Waals surface area contributed by atoms with Gasteiger partial charge in [0.25, 0.3) is 0 Å². The fourth-order valence-corrected chi connectivity index (χ4v) is 2.18. The number of nitrogens with zero attached hydrogens (tertiary/aromatic N) is 2. The van der Waals surface area contributed by atoms with Gasteiger partial charge in [-0.25, -0.2) is 14.2 Å². The molecule has 0 atom stereocenters. The fraction of sp³-hybridized carbons (Fsp3) is 0.0667. The molecule has 0 aliphatic heterocycles. The average Bonchev–Trinajstić information content (AvgIpc) is 2.77. The molecule has 1 N–H and O–H groups in total. The molecule has 0 aliphatic carbocycles. The van der Waals surface area contributed by atoms with Crippen molar-refractivity contribution in [1.82, 2.24) is 9.38 Å². The molecule has 3 aromatic rings. The number of aryl methyl sites for hydroxylation is 1. The van der Waals surface area contributed by atoms with Crippen molar-refractivity contribution in [2.75, 3.05) is 0 Å². The molecule has 2 heterocycles. The zero-order valence-electron chi connectivity index (χ0n) is 10.7. The van der Waals surface area contributed by atoms with Crippen LogP contribution in [0.2, 0.25) is 0 Å². The summed E-state index contributed by atoms with van der Waals surface area (Å²) >= 11 is 0. The second-order valence-electron chi connectivity index (χ2n) is 4.56. The van der Waals surface area contributed by atoms with E-state index in [4.69, 9.17) is 0 Å². The molecular formula is C15H11FN2O2. The van der Waals surface area contributed by atoms with Crippen molar-refractivity contribution in [2.24, 2.45) is 0 Å².